The van der Waals surface area contributed by atoms with Gasteiger partial charge in [0.1, 0.15) is 5.82 Å². The third-order valence-corrected chi connectivity index (χ3v) is 3.51. The summed E-state index contributed by atoms with van der Waals surface area (Å²) in [7, 11) is -2.90. The van der Waals surface area contributed by atoms with E-state index in [2.05, 4.69) is 4.74 Å². The topological polar surface area (TPSA) is 110 Å². The monoisotopic (exact) mass is 305 g/mol. The molecule has 0 aliphatic rings. The van der Waals surface area contributed by atoms with Crippen LogP contribution in [0.3, 0.4) is 0 Å². The number of halogens is 1. The molecule has 0 heterocycles. The number of anilines is 1. The maximum absolute atomic E-state index is 13.5. The minimum absolute atomic E-state index is 0.0372. The quantitative estimate of drug-likeness (QED) is 0.753. The van der Waals surface area contributed by atoms with Crippen molar-refractivity contribution in [2.75, 3.05) is 17.6 Å². The van der Waals surface area contributed by atoms with E-state index in [9.17, 15) is 22.4 Å². The molecule has 1 aromatic rings. The smallest absolute Gasteiger partial charge is 0.337 e. The van der Waals surface area contributed by atoms with E-state index in [1.54, 1.807) is 0 Å². The van der Waals surface area contributed by atoms with Crippen LogP contribution in [0.2, 0.25) is 0 Å². The maximum Gasteiger partial charge on any atom is 0.337 e. The first-order valence-corrected chi connectivity index (χ1v) is 7.00. The number of carboxylic acids is 1. The molecule has 0 atom stereocenters. The lowest BCUT2D eigenvalue weighted by Crippen LogP contribution is -2.20. The van der Waals surface area contributed by atoms with Crippen LogP contribution in [0.25, 0.3) is 0 Å². The van der Waals surface area contributed by atoms with Crippen LogP contribution in [0, 0.1) is 5.82 Å². The van der Waals surface area contributed by atoms with Crippen LogP contribution in [-0.4, -0.2) is 38.3 Å². The number of nitrogens with one attached hydrogen (secondary N) is 1. The predicted molar refractivity (Wildman–Crippen MR) is 67.4 cm³/mol. The maximum atomic E-state index is 13.5. The molecule has 0 fully saturated rings. The minimum atomic E-state index is -4.02. The molecule has 0 bridgehead atoms. The molecule has 9 heteroatoms. The summed E-state index contributed by atoms with van der Waals surface area (Å²) in [6.07, 6.45) is -0.617. The summed E-state index contributed by atoms with van der Waals surface area (Å²) in [5.74, 6) is -3.64. The van der Waals surface area contributed by atoms with Gasteiger partial charge in [-0.2, -0.15) is 0 Å². The fourth-order valence-electron chi connectivity index (χ4n) is 1.29. The molecule has 7 nitrogen and oxygen atoms in total. The number of benzene rings is 1. The SMILES string of the molecule is COC(=O)c1ccc(F)c(NS(=O)(=O)CCC(=O)O)c1. The van der Waals surface area contributed by atoms with Gasteiger partial charge in [0, 0.05) is 0 Å². The first-order chi connectivity index (χ1) is 9.25. The standard InChI is InChI=1S/C11H12FNO6S/c1-19-11(16)7-2-3-8(12)9(6-7)13-20(17,18)5-4-10(14)15/h2-3,6,13H,4-5H2,1H3,(H,14,15). The Morgan fingerprint density at radius 1 is 1.40 bits per heavy atom. The van der Waals surface area contributed by atoms with E-state index >= 15 is 0 Å². The third kappa shape index (κ3) is 4.50. The molecule has 0 radical (unpaired) electrons. The Bertz CT molecular complexity index is 628. The Hall–Kier alpha value is -2.16. The van der Waals surface area contributed by atoms with Crippen molar-refractivity contribution < 1.29 is 32.2 Å². The number of esters is 1. The lowest BCUT2D eigenvalue weighted by atomic mass is 10.2. The highest BCUT2D eigenvalue weighted by Crippen LogP contribution is 2.18. The van der Waals surface area contributed by atoms with Crippen molar-refractivity contribution in [1.82, 2.24) is 0 Å². The molecule has 0 aromatic heterocycles. The first-order valence-electron chi connectivity index (χ1n) is 5.35. The van der Waals surface area contributed by atoms with Crippen molar-refractivity contribution in [3.8, 4) is 0 Å². The number of carbonyl (C=O) groups is 2. The van der Waals surface area contributed by atoms with E-state index in [0.29, 0.717) is 0 Å². The van der Waals surface area contributed by atoms with Gasteiger partial charge in [-0.15, -0.1) is 0 Å². The number of carboxylic acid groups (broad SMARTS) is 1. The fourth-order valence-corrected chi connectivity index (χ4v) is 2.33. The van der Waals surface area contributed by atoms with Crippen LogP contribution in [-0.2, 0) is 19.6 Å². The molecule has 0 saturated heterocycles. The second kappa shape index (κ2) is 6.33. The van der Waals surface area contributed by atoms with Crippen LogP contribution in [0.1, 0.15) is 16.8 Å². The molecule has 1 aromatic carbocycles. The van der Waals surface area contributed by atoms with Crippen LogP contribution >= 0.6 is 0 Å². The molecule has 0 spiro atoms. The fraction of sp³-hybridized carbons (Fsp3) is 0.273. The number of ether oxygens (including phenoxy) is 1. The van der Waals surface area contributed by atoms with Gasteiger partial charge >= 0.3 is 11.9 Å². The molecular formula is C11H12FNO6S. The number of sulfonamides is 1. The molecule has 0 aliphatic heterocycles. The summed E-state index contributed by atoms with van der Waals surface area (Å²) in [6, 6.07) is 3.01. The largest absolute Gasteiger partial charge is 0.481 e. The van der Waals surface area contributed by atoms with Crippen molar-refractivity contribution in [2.45, 2.75) is 6.42 Å². The number of carbonyl (C=O) groups excluding carboxylic acids is 1. The van der Waals surface area contributed by atoms with Crippen LogP contribution in [0.5, 0.6) is 0 Å². The van der Waals surface area contributed by atoms with Gasteiger partial charge in [-0.25, -0.2) is 17.6 Å². The van der Waals surface area contributed by atoms with Crippen molar-refractivity contribution >= 4 is 27.6 Å². The average Bonchev–Trinajstić information content (AvgIpc) is 2.38. The first kappa shape index (κ1) is 15.9. The highest BCUT2D eigenvalue weighted by molar-refractivity contribution is 7.92. The number of rotatable bonds is 6. The summed E-state index contributed by atoms with van der Waals surface area (Å²) in [5, 5.41) is 8.42. The zero-order valence-electron chi connectivity index (χ0n) is 10.4. The normalized spacial score (nSPS) is 10.9. The molecule has 0 amide bonds. The van der Waals surface area contributed by atoms with Crippen LogP contribution in [0.4, 0.5) is 10.1 Å². The zero-order valence-corrected chi connectivity index (χ0v) is 11.2. The number of methoxy groups -OCH3 is 1. The summed E-state index contributed by atoms with van der Waals surface area (Å²) < 4.78 is 42.9. The summed E-state index contributed by atoms with van der Waals surface area (Å²) in [6.45, 7) is 0. The molecular weight excluding hydrogens is 293 g/mol. The van der Waals surface area contributed by atoms with Crippen molar-refractivity contribution in [3.63, 3.8) is 0 Å². The number of aliphatic carboxylic acids is 1. The third-order valence-electron chi connectivity index (χ3n) is 2.24. The second-order valence-electron chi connectivity index (χ2n) is 3.75. The van der Waals surface area contributed by atoms with E-state index in [-0.39, 0.29) is 5.56 Å². The molecule has 110 valence electrons. The van der Waals surface area contributed by atoms with E-state index < -0.39 is 45.6 Å². The van der Waals surface area contributed by atoms with E-state index in [4.69, 9.17) is 5.11 Å². The predicted octanol–water partition coefficient (Wildman–Crippen LogP) is 0.829. The highest BCUT2D eigenvalue weighted by Gasteiger charge is 2.17. The lowest BCUT2D eigenvalue weighted by molar-refractivity contribution is -0.136. The molecule has 2 N–H and O–H groups in total. The summed E-state index contributed by atoms with van der Waals surface area (Å²) in [4.78, 5) is 21.6. The number of hydrogen-bond donors (Lipinski definition) is 2. The van der Waals surface area contributed by atoms with Gasteiger partial charge in [0.2, 0.25) is 10.0 Å². The van der Waals surface area contributed by atoms with Crippen molar-refractivity contribution in [2.24, 2.45) is 0 Å². The molecule has 0 saturated carbocycles. The Balaban J connectivity index is 2.96. The van der Waals surface area contributed by atoms with Crippen LogP contribution in [0.15, 0.2) is 18.2 Å². The Kier molecular flexibility index (Phi) is 5.03. The molecule has 1 rings (SSSR count). The highest BCUT2D eigenvalue weighted by atomic mass is 32.2. The van der Waals surface area contributed by atoms with Gasteiger partial charge in [0.25, 0.3) is 0 Å². The molecule has 0 aliphatic carbocycles. The average molecular weight is 305 g/mol. The van der Waals surface area contributed by atoms with Gasteiger partial charge in [-0.3, -0.25) is 9.52 Å². The number of hydrogen-bond acceptors (Lipinski definition) is 5. The van der Waals surface area contributed by atoms with Gasteiger partial charge in [-0.1, -0.05) is 0 Å². The van der Waals surface area contributed by atoms with Crippen LogP contribution < -0.4 is 4.72 Å². The summed E-state index contributed by atoms with van der Waals surface area (Å²) >= 11 is 0. The van der Waals surface area contributed by atoms with Gasteiger partial charge < -0.3 is 9.84 Å². The van der Waals surface area contributed by atoms with Crippen molar-refractivity contribution in [1.29, 1.82) is 0 Å². The molecule has 0 unspecified atom stereocenters. The second-order valence-corrected chi connectivity index (χ2v) is 5.59. The van der Waals surface area contributed by atoms with E-state index in [1.807, 2.05) is 4.72 Å². The Morgan fingerprint density at radius 3 is 2.60 bits per heavy atom. The van der Waals surface area contributed by atoms with Gasteiger partial charge in [-0.05, 0) is 18.2 Å². The van der Waals surface area contributed by atoms with E-state index in [1.165, 1.54) is 0 Å². The van der Waals surface area contributed by atoms with Gasteiger partial charge in [0.15, 0.2) is 0 Å². The van der Waals surface area contributed by atoms with E-state index in [0.717, 1.165) is 25.3 Å². The van der Waals surface area contributed by atoms with Gasteiger partial charge in [0.05, 0.1) is 30.5 Å². The molecule has 20 heavy (non-hydrogen) atoms. The lowest BCUT2D eigenvalue weighted by Gasteiger charge is -2.09. The zero-order chi connectivity index (χ0) is 15.3. The minimum Gasteiger partial charge on any atom is -0.481 e. The van der Waals surface area contributed by atoms with Crippen molar-refractivity contribution in [3.05, 3.63) is 29.6 Å². The Labute approximate surface area is 114 Å². The summed E-state index contributed by atoms with van der Waals surface area (Å²) in [5.41, 5.74) is -0.483. The Morgan fingerprint density at radius 2 is 2.05 bits per heavy atom.